The Hall–Kier alpha value is -1.92. The third-order valence-electron chi connectivity index (χ3n) is 5.12. The van der Waals surface area contributed by atoms with E-state index in [1.165, 1.54) is 5.56 Å². The summed E-state index contributed by atoms with van der Waals surface area (Å²) in [5.74, 6) is -0.0353. The first-order valence-electron chi connectivity index (χ1n) is 9.61. The molecule has 2 aliphatic rings. The fraction of sp³-hybridized carbons (Fsp3) is 0.600. The summed E-state index contributed by atoms with van der Waals surface area (Å²) < 4.78 is 5.44. The molecule has 0 aromatic heterocycles. The number of ether oxygens (including phenoxy) is 1. The Labute approximate surface area is 154 Å². The number of aryl methyl sites for hydroxylation is 1. The van der Waals surface area contributed by atoms with Gasteiger partial charge in [0.25, 0.3) is 0 Å². The zero-order valence-corrected chi connectivity index (χ0v) is 15.2. The molecule has 0 bridgehead atoms. The highest BCUT2D eigenvalue weighted by Gasteiger charge is 2.28. The van der Waals surface area contributed by atoms with Crippen LogP contribution in [-0.4, -0.2) is 42.7 Å². The average molecular weight is 360 g/mol. The molecule has 0 aliphatic carbocycles. The minimum Gasteiger partial charge on any atom is -0.350 e. The lowest BCUT2D eigenvalue weighted by atomic mass is 9.96. The molecule has 2 aliphatic heterocycles. The van der Waals surface area contributed by atoms with E-state index >= 15 is 0 Å². The molecule has 2 fully saturated rings. The van der Waals surface area contributed by atoms with Crippen LogP contribution in [0.5, 0.6) is 0 Å². The number of hydroxylamine groups is 1. The van der Waals surface area contributed by atoms with Gasteiger partial charge in [-0.25, -0.2) is 10.3 Å². The number of rotatable bonds is 6. The smallest absolute Gasteiger partial charge is 0.246 e. The molecule has 1 N–H and O–H groups in total. The molecule has 2 heterocycles. The molecule has 142 valence electrons. The molecular weight excluding hydrogens is 332 g/mol. The van der Waals surface area contributed by atoms with Crippen molar-refractivity contribution in [1.29, 1.82) is 0 Å². The van der Waals surface area contributed by atoms with Gasteiger partial charge in [-0.15, -0.1) is 0 Å². The molecule has 26 heavy (non-hydrogen) atoms. The predicted molar refractivity (Wildman–Crippen MR) is 96.9 cm³/mol. The molecule has 0 spiro atoms. The van der Waals surface area contributed by atoms with E-state index in [9.17, 15) is 9.59 Å². The van der Waals surface area contributed by atoms with Crippen molar-refractivity contribution in [2.75, 3.05) is 19.7 Å². The van der Waals surface area contributed by atoms with Crippen LogP contribution in [0.2, 0.25) is 0 Å². The van der Waals surface area contributed by atoms with Crippen LogP contribution in [0.1, 0.15) is 44.1 Å². The molecule has 1 aromatic rings. The third-order valence-corrected chi connectivity index (χ3v) is 5.12. The Kier molecular flexibility index (Phi) is 7.03. The lowest BCUT2D eigenvalue weighted by Gasteiger charge is -2.31. The summed E-state index contributed by atoms with van der Waals surface area (Å²) in [5, 5.41) is 0. The van der Waals surface area contributed by atoms with Gasteiger partial charge >= 0.3 is 0 Å². The van der Waals surface area contributed by atoms with Crippen molar-refractivity contribution in [1.82, 2.24) is 10.4 Å². The minimum absolute atomic E-state index is 0.100. The van der Waals surface area contributed by atoms with Crippen LogP contribution in [0.3, 0.4) is 0 Å². The summed E-state index contributed by atoms with van der Waals surface area (Å²) in [7, 11) is 0. The molecular formula is C20H28N2O4. The number of likely N-dealkylation sites (tertiary alicyclic amines) is 1. The molecule has 2 saturated heterocycles. The molecule has 0 radical (unpaired) electrons. The van der Waals surface area contributed by atoms with Crippen LogP contribution >= 0.6 is 0 Å². The van der Waals surface area contributed by atoms with Gasteiger partial charge in [-0.2, -0.15) is 0 Å². The molecule has 6 nitrogen and oxygen atoms in total. The van der Waals surface area contributed by atoms with E-state index in [-0.39, 0.29) is 24.0 Å². The standard InChI is InChI=1S/C20H28N2O4/c23-18(10-9-16-6-2-1-3-7-16)22-13-11-17(12-14-22)20(24)21-26-19-8-4-5-15-25-19/h1-3,6-7,17,19H,4-5,8-15H2,(H,21,24). The second-order valence-corrected chi connectivity index (χ2v) is 7.02. The van der Waals surface area contributed by atoms with E-state index in [2.05, 4.69) is 5.48 Å². The summed E-state index contributed by atoms with van der Waals surface area (Å²) in [6.07, 6.45) is 5.23. The van der Waals surface area contributed by atoms with Crippen molar-refractivity contribution in [2.45, 2.75) is 51.2 Å². The quantitative estimate of drug-likeness (QED) is 0.791. The number of hydrogen-bond donors (Lipinski definition) is 1. The van der Waals surface area contributed by atoms with E-state index in [1.807, 2.05) is 35.2 Å². The number of nitrogens with one attached hydrogen (secondary N) is 1. The van der Waals surface area contributed by atoms with Crippen LogP contribution in [-0.2, 0) is 25.6 Å². The van der Waals surface area contributed by atoms with E-state index < -0.39 is 0 Å². The zero-order chi connectivity index (χ0) is 18.2. The number of carbonyl (C=O) groups is 2. The number of carbonyl (C=O) groups excluding carboxylic acids is 2. The zero-order valence-electron chi connectivity index (χ0n) is 15.2. The van der Waals surface area contributed by atoms with Crippen LogP contribution in [0.15, 0.2) is 30.3 Å². The van der Waals surface area contributed by atoms with Gasteiger partial charge in [-0.05, 0) is 37.7 Å². The van der Waals surface area contributed by atoms with Gasteiger partial charge in [0.2, 0.25) is 11.8 Å². The van der Waals surface area contributed by atoms with Gasteiger partial charge in [-0.1, -0.05) is 30.3 Å². The maximum absolute atomic E-state index is 12.4. The third kappa shape index (κ3) is 5.54. The second-order valence-electron chi connectivity index (χ2n) is 7.02. The predicted octanol–water partition coefficient (Wildman–Crippen LogP) is 2.43. The molecule has 1 atom stereocenters. The number of benzene rings is 1. The van der Waals surface area contributed by atoms with E-state index in [0.29, 0.717) is 39.0 Å². The number of amides is 2. The van der Waals surface area contributed by atoms with Crippen molar-refractivity contribution >= 4 is 11.8 Å². The molecule has 1 aromatic carbocycles. The molecule has 2 amide bonds. The van der Waals surface area contributed by atoms with Crippen LogP contribution < -0.4 is 5.48 Å². The molecule has 0 saturated carbocycles. The van der Waals surface area contributed by atoms with E-state index in [4.69, 9.17) is 9.57 Å². The summed E-state index contributed by atoms with van der Waals surface area (Å²) in [6.45, 7) is 1.95. The summed E-state index contributed by atoms with van der Waals surface area (Å²) in [6, 6.07) is 10.0. The maximum atomic E-state index is 12.4. The minimum atomic E-state index is -0.327. The Morgan fingerprint density at radius 3 is 2.58 bits per heavy atom. The van der Waals surface area contributed by atoms with Gasteiger partial charge in [0.05, 0.1) is 0 Å². The van der Waals surface area contributed by atoms with Crippen molar-refractivity contribution < 1.29 is 19.2 Å². The highest BCUT2D eigenvalue weighted by atomic mass is 16.8. The highest BCUT2D eigenvalue weighted by Crippen LogP contribution is 2.19. The van der Waals surface area contributed by atoms with Crippen LogP contribution in [0.25, 0.3) is 0 Å². The Morgan fingerprint density at radius 2 is 1.88 bits per heavy atom. The Morgan fingerprint density at radius 1 is 1.12 bits per heavy atom. The summed E-state index contributed by atoms with van der Waals surface area (Å²) >= 11 is 0. The molecule has 3 rings (SSSR count). The highest BCUT2D eigenvalue weighted by molar-refractivity contribution is 5.79. The fourth-order valence-corrected chi connectivity index (χ4v) is 3.46. The van der Waals surface area contributed by atoms with Crippen molar-refractivity contribution in [2.24, 2.45) is 5.92 Å². The Balaban J connectivity index is 1.35. The second kappa shape index (κ2) is 9.69. The van der Waals surface area contributed by atoms with E-state index in [1.54, 1.807) is 0 Å². The molecule has 6 heteroatoms. The Bertz CT molecular complexity index is 579. The van der Waals surface area contributed by atoms with Gasteiger partial charge < -0.3 is 9.64 Å². The van der Waals surface area contributed by atoms with Crippen molar-refractivity contribution in [3.05, 3.63) is 35.9 Å². The normalized spacial score (nSPS) is 21.4. The van der Waals surface area contributed by atoms with Crippen LogP contribution in [0.4, 0.5) is 0 Å². The SMILES string of the molecule is O=C(NOC1CCCCO1)C1CCN(C(=O)CCc2ccccc2)CC1. The van der Waals surface area contributed by atoms with Crippen molar-refractivity contribution in [3.8, 4) is 0 Å². The number of hydrogen-bond acceptors (Lipinski definition) is 4. The first kappa shape index (κ1) is 18.9. The lowest BCUT2D eigenvalue weighted by molar-refractivity contribution is -0.202. The maximum Gasteiger partial charge on any atom is 0.246 e. The summed E-state index contributed by atoms with van der Waals surface area (Å²) in [4.78, 5) is 31.8. The lowest BCUT2D eigenvalue weighted by Crippen LogP contribution is -2.44. The summed E-state index contributed by atoms with van der Waals surface area (Å²) in [5.41, 5.74) is 3.72. The first-order valence-corrected chi connectivity index (χ1v) is 9.61. The van der Waals surface area contributed by atoms with Crippen molar-refractivity contribution in [3.63, 3.8) is 0 Å². The van der Waals surface area contributed by atoms with Crippen LogP contribution in [0, 0.1) is 5.92 Å². The van der Waals surface area contributed by atoms with Gasteiger partial charge in [0.15, 0.2) is 6.29 Å². The average Bonchev–Trinajstić information content (AvgIpc) is 2.72. The first-order chi connectivity index (χ1) is 12.7. The largest absolute Gasteiger partial charge is 0.350 e. The monoisotopic (exact) mass is 360 g/mol. The van der Waals surface area contributed by atoms with Gasteiger partial charge in [-0.3, -0.25) is 9.59 Å². The number of nitrogens with zero attached hydrogens (tertiary/aromatic N) is 1. The van der Waals surface area contributed by atoms with Gasteiger partial charge in [0.1, 0.15) is 0 Å². The fourth-order valence-electron chi connectivity index (χ4n) is 3.46. The van der Waals surface area contributed by atoms with E-state index in [0.717, 1.165) is 25.7 Å². The van der Waals surface area contributed by atoms with Gasteiger partial charge in [0, 0.05) is 38.5 Å². The number of piperidine rings is 1. The molecule has 1 unspecified atom stereocenters. The topological polar surface area (TPSA) is 67.9 Å².